The van der Waals surface area contributed by atoms with Crippen LogP contribution in [0.25, 0.3) is 0 Å². The Bertz CT molecular complexity index is 394. The number of carbonyl (C=O) groups is 1. The highest BCUT2D eigenvalue weighted by atomic mass is 16.2. The van der Waals surface area contributed by atoms with Gasteiger partial charge in [-0.25, -0.2) is 10.9 Å². The molecule has 0 aliphatic carbocycles. The molecule has 0 aromatic heterocycles. The topological polar surface area (TPSA) is 46.3 Å². The monoisotopic (exact) mass is 246 g/mol. The van der Waals surface area contributed by atoms with E-state index in [1.807, 2.05) is 30.3 Å². The molecule has 0 aliphatic heterocycles. The smallest absolute Gasteiger partial charge is 0.241 e. The van der Waals surface area contributed by atoms with Gasteiger partial charge in [0.15, 0.2) is 0 Å². The fourth-order valence-corrected chi connectivity index (χ4v) is 1.66. The van der Waals surface area contributed by atoms with Crippen molar-refractivity contribution in [2.45, 2.75) is 39.5 Å². The molecule has 1 aromatic carbocycles. The molecule has 0 saturated heterocycles. The zero-order chi connectivity index (χ0) is 13.4. The van der Waals surface area contributed by atoms with Gasteiger partial charge in [0.2, 0.25) is 5.91 Å². The zero-order valence-corrected chi connectivity index (χ0v) is 11.2. The minimum atomic E-state index is -0.0293. The van der Waals surface area contributed by atoms with Crippen molar-refractivity contribution in [1.29, 1.82) is 0 Å². The van der Waals surface area contributed by atoms with Crippen molar-refractivity contribution in [2.75, 3.05) is 5.01 Å². The fraction of sp³-hybridized carbons (Fsp3) is 0.400. The second kappa shape index (κ2) is 7.67. The van der Waals surface area contributed by atoms with Crippen LogP contribution in [0, 0.1) is 0 Å². The summed E-state index contributed by atoms with van der Waals surface area (Å²) in [5.41, 5.74) is 2.07. The third kappa shape index (κ3) is 5.15. The Morgan fingerprint density at radius 2 is 1.89 bits per heavy atom. The molecule has 0 atom stereocenters. The summed E-state index contributed by atoms with van der Waals surface area (Å²) in [6.07, 6.45) is 5.64. The molecule has 0 unspecified atom stereocenters. The summed E-state index contributed by atoms with van der Waals surface area (Å²) in [7, 11) is 0. The molecule has 0 radical (unpaired) electrons. The van der Waals surface area contributed by atoms with E-state index in [4.69, 9.17) is 5.84 Å². The molecule has 2 N–H and O–H groups in total. The van der Waals surface area contributed by atoms with Crippen LogP contribution in [0.15, 0.2) is 42.0 Å². The number of hydrogen-bond donors (Lipinski definition) is 1. The maximum atomic E-state index is 11.8. The van der Waals surface area contributed by atoms with Crippen LogP contribution in [-0.2, 0) is 4.79 Å². The van der Waals surface area contributed by atoms with Crippen molar-refractivity contribution in [3.63, 3.8) is 0 Å². The van der Waals surface area contributed by atoms with Gasteiger partial charge in [-0.3, -0.25) is 4.79 Å². The van der Waals surface area contributed by atoms with Gasteiger partial charge >= 0.3 is 0 Å². The number of hydrogen-bond acceptors (Lipinski definition) is 2. The van der Waals surface area contributed by atoms with Gasteiger partial charge in [-0.15, -0.1) is 0 Å². The lowest BCUT2D eigenvalue weighted by molar-refractivity contribution is -0.118. The molecule has 3 nitrogen and oxygen atoms in total. The van der Waals surface area contributed by atoms with E-state index in [9.17, 15) is 4.79 Å². The summed E-state index contributed by atoms with van der Waals surface area (Å²) in [5, 5.41) is 1.24. The average Bonchev–Trinajstić information content (AvgIpc) is 2.38. The van der Waals surface area contributed by atoms with Crippen LogP contribution in [0.5, 0.6) is 0 Å². The molecule has 1 rings (SSSR count). The van der Waals surface area contributed by atoms with Gasteiger partial charge in [0.05, 0.1) is 5.69 Å². The predicted molar refractivity (Wildman–Crippen MR) is 76.0 cm³/mol. The second-order valence-corrected chi connectivity index (χ2v) is 4.63. The third-order valence-electron chi connectivity index (χ3n) is 2.70. The number of hydrazine groups is 1. The van der Waals surface area contributed by atoms with Gasteiger partial charge in [-0.1, -0.05) is 29.8 Å². The molecule has 0 spiro atoms. The highest BCUT2D eigenvalue weighted by Gasteiger charge is 2.10. The van der Waals surface area contributed by atoms with Crippen molar-refractivity contribution in [3.05, 3.63) is 42.0 Å². The number of rotatable bonds is 6. The van der Waals surface area contributed by atoms with Crippen molar-refractivity contribution in [3.8, 4) is 0 Å². The molecule has 18 heavy (non-hydrogen) atoms. The normalized spacial score (nSPS) is 9.94. The van der Waals surface area contributed by atoms with Gasteiger partial charge in [-0.2, -0.15) is 0 Å². The lowest BCUT2D eigenvalue weighted by atomic mass is 10.1. The van der Waals surface area contributed by atoms with Crippen molar-refractivity contribution in [1.82, 2.24) is 0 Å². The van der Waals surface area contributed by atoms with Gasteiger partial charge in [0.1, 0.15) is 0 Å². The third-order valence-corrected chi connectivity index (χ3v) is 2.70. The molecule has 0 heterocycles. The molecule has 3 heteroatoms. The van der Waals surface area contributed by atoms with E-state index in [0.717, 1.165) is 24.9 Å². The van der Waals surface area contributed by atoms with Crippen LogP contribution in [-0.4, -0.2) is 5.91 Å². The van der Waals surface area contributed by atoms with Gasteiger partial charge in [0.25, 0.3) is 0 Å². The SMILES string of the molecule is CC(C)=CCCCCC(=O)N(N)c1ccccc1. The van der Waals surface area contributed by atoms with Crippen LogP contribution in [0.3, 0.4) is 0 Å². The Balaban J connectivity index is 2.31. The summed E-state index contributed by atoms with van der Waals surface area (Å²) in [4.78, 5) is 11.8. The summed E-state index contributed by atoms with van der Waals surface area (Å²) < 4.78 is 0. The number of para-hydroxylation sites is 1. The Morgan fingerprint density at radius 3 is 2.50 bits per heavy atom. The highest BCUT2D eigenvalue weighted by molar-refractivity contribution is 5.91. The van der Waals surface area contributed by atoms with Crippen LogP contribution >= 0.6 is 0 Å². The average molecular weight is 246 g/mol. The lowest BCUT2D eigenvalue weighted by Crippen LogP contribution is -2.37. The number of nitrogens with two attached hydrogens (primary N) is 1. The van der Waals surface area contributed by atoms with Gasteiger partial charge < -0.3 is 0 Å². The molecular weight excluding hydrogens is 224 g/mol. The second-order valence-electron chi connectivity index (χ2n) is 4.63. The minimum absolute atomic E-state index is 0.0293. The number of carbonyl (C=O) groups excluding carboxylic acids is 1. The quantitative estimate of drug-likeness (QED) is 0.275. The van der Waals surface area contributed by atoms with Crippen LogP contribution in [0.2, 0.25) is 0 Å². The molecule has 1 aromatic rings. The van der Waals surface area contributed by atoms with E-state index in [1.165, 1.54) is 10.6 Å². The first-order valence-corrected chi connectivity index (χ1v) is 6.37. The Morgan fingerprint density at radius 1 is 1.22 bits per heavy atom. The van der Waals surface area contributed by atoms with E-state index >= 15 is 0 Å². The lowest BCUT2D eigenvalue weighted by Gasteiger charge is -2.16. The first-order valence-electron chi connectivity index (χ1n) is 6.37. The van der Waals surface area contributed by atoms with E-state index in [0.29, 0.717) is 6.42 Å². The minimum Gasteiger partial charge on any atom is -0.273 e. The molecule has 0 bridgehead atoms. The van der Waals surface area contributed by atoms with Crippen LogP contribution < -0.4 is 10.9 Å². The number of amides is 1. The van der Waals surface area contributed by atoms with Gasteiger partial charge in [-0.05, 0) is 45.2 Å². The number of benzene rings is 1. The summed E-state index contributed by atoms with van der Waals surface area (Å²) in [6, 6.07) is 9.32. The molecule has 1 amide bonds. The zero-order valence-electron chi connectivity index (χ0n) is 11.2. The maximum absolute atomic E-state index is 11.8. The number of nitrogens with zero attached hydrogens (tertiary/aromatic N) is 1. The molecular formula is C15H22N2O. The number of allylic oxidation sites excluding steroid dienone is 2. The van der Waals surface area contributed by atoms with Crippen LogP contribution in [0.4, 0.5) is 5.69 Å². The Labute approximate surface area is 109 Å². The van der Waals surface area contributed by atoms with Crippen molar-refractivity contribution in [2.24, 2.45) is 5.84 Å². The number of unbranched alkanes of at least 4 members (excludes halogenated alkanes) is 2. The van der Waals surface area contributed by atoms with E-state index in [2.05, 4.69) is 19.9 Å². The van der Waals surface area contributed by atoms with Crippen molar-refractivity contribution < 1.29 is 4.79 Å². The van der Waals surface area contributed by atoms with E-state index < -0.39 is 0 Å². The molecule has 0 fully saturated rings. The molecule has 0 aliphatic rings. The van der Waals surface area contributed by atoms with Crippen molar-refractivity contribution >= 4 is 11.6 Å². The van der Waals surface area contributed by atoms with Crippen LogP contribution in [0.1, 0.15) is 39.5 Å². The van der Waals surface area contributed by atoms with Gasteiger partial charge in [0, 0.05) is 6.42 Å². The first-order chi connectivity index (χ1) is 8.61. The summed E-state index contributed by atoms with van der Waals surface area (Å²) in [5.74, 6) is 5.74. The number of anilines is 1. The molecule has 98 valence electrons. The highest BCUT2D eigenvalue weighted by Crippen LogP contribution is 2.12. The summed E-state index contributed by atoms with van der Waals surface area (Å²) >= 11 is 0. The fourth-order valence-electron chi connectivity index (χ4n) is 1.66. The first kappa shape index (κ1) is 14.5. The summed E-state index contributed by atoms with van der Waals surface area (Å²) in [6.45, 7) is 4.17. The molecule has 0 saturated carbocycles. The largest absolute Gasteiger partial charge is 0.273 e. The van der Waals surface area contributed by atoms with E-state index in [-0.39, 0.29) is 5.91 Å². The Hall–Kier alpha value is -1.61. The predicted octanol–water partition coefficient (Wildman–Crippen LogP) is 3.42. The van der Waals surface area contributed by atoms with E-state index in [1.54, 1.807) is 0 Å². The Kier molecular flexibility index (Phi) is 6.15. The maximum Gasteiger partial charge on any atom is 0.241 e. The standard InChI is InChI=1S/C15H22N2O/c1-13(2)9-5-3-8-12-15(18)17(16)14-10-6-4-7-11-14/h4,6-7,9-11H,3,5,8,12,16H2,1-2H3.